The van der Waals surface area contributed by atoms with Crippen LogP contribution in [-0.2, 0) is 4.79 Å². The number of rotatable bonds is 4. The highest BCUT2D eigenvalue weighted by Crippen LogP contribution is 2.31. The summed E-state index contributed by atoms with van der Waals surface area (Å²) in [6, 6.07) is 3.91. The monoisotopic (exact) mass is 268 g/mol. The van der Waals surface area contributed by atoms with Gasteiger partial charge in [-0.25, -0.2) is 4.79 Å². The third-order valence-electron chi connectivity index (χ3n) is 3.22. The first kappa shape index (κ1) is 12.9. The van der Waals surface area contributed by atoms with E-state index in [-0.39, 0.29) is 18.6 Å². The molecule has 2 amide bonds. The summed E-state index contributed by atoms with van der Waals surface area (Å²) >= 11 is 1.62. The third-order valence-corrected chi connectivity index (χ3v) is 4.19. The standard InChI is InChI=1S/C12H16N2O3S/c1-8(11(15)16)6-14-7-9(13(2)12(14)17)10-4-3-5-18-10/h3-5,8-9H,6-7H2,1-2H3,(H,15,16). The Bertz CT molecular complexity index is 446. The van der Waals surface area contributed by atoms with E-state index in [2.05, 4.69) is 0 Å². The Labute approximate surface area is 110 Å². The molecule has 2 atom stereocenters. The molecule has 0 spiro atoms. The Morgan fingerprint density at radius 1 is 1.67 bits per heavy atom. The Morgan fingerprint density at radius 2 is 2.39 bits per heavy atom. The molecule has 1 saturated heterocycles. The summed E-state index contributed by atoms with van der Waals surface area (Å²) in [5.41, 5.74) is 0. The molecule has 0 saturated carbocycles. The van der Waals surface area contributed by atoms with Crippen molar-refractivity contribution in [3.63, 3.8) is 0 Å². The van der Waals surface area contributed by atoms with E-state index in [1.165, 1.54) is 0 Å². The van der Waals surface area contributed by atoms with Crippen molar-refractivity contribution in [2.75, 3.05) is 20.1 Å². The second-order valence-electron chi connectivity index (χ2n) is 4.57. The molecule has 0 bridgehead atoms. The fourth-order valence-electron chi connectivity index (χ4n) is 2.09. The molecular weight excluding hydrogens is 252 g/mol. The zero-order valence-corrected chi connectivity index (χ0v) is 11.2. The average Bonchev–Trinajstić information content (AvgIpc) is 2.92. The van der Waals surface area contributed by atoms with Crippen LogP contribution in [0.25, 0.3) is 0 Å². The van der Waals surface area contributed by atoms with Gasteiger partial charge in [0.25, 0.3) is 0 Å². The molecule has 0 aromatic carbocycles. The number of carboxylic acid groups (broad SMARTS) is 1. The molecule has 1 aliphatic heterocycles. The van der Waals surface area contributed by atoms with Gasteiger partial charge in [-0.15, -0.1) is 11.3 Å². The summed E-state index contributed by atoms with van der Waals surface area (Å²) < 4.78 is 0. The fourth-order valence-corrected chi connectivity index (χ4v) is 2.95. The number of nitrogens with zero attached hydrogens (tertiary/aromatic N) is 2. The van der Waals surface area contributed by atoms with Gasteiger partial charge in [-0.3, -0.25) is 4.79 Å². The highest BCUT2D eigenvalue weighted by Gasteiger charge is 2.37. The van der Waals surface area contributed by atoms with Gasteiger partial charge < -0.3 is 14.9 Å². The molecule has 1 fully saturated rings. The van der Waals surface area contributed by atoms with Crippen molar-refractivity contribution in [1.82, 2.24) is 9.80 Å². The summed E-state index contributed by atoms with van der Waals surface area (Å²) in [6.45, 7) is 2.45. The van der Waals surface area contributed by atoms with E-state index in [0.29, 0.717) is 6.54 Å². The molecule has 1 aromatic heterocycles. The molecule has 1 aliphatic rings. The molecule has 0 aliphatic carbocycles. The van der Waals surface area contributed by atoms with Crippen LogP contribution in [0.15, 0.2) is 17.5 Å². The van der Waals surface area contributed by atoms with Gasteiger partial charge >= 0.3 is 12.0 Å². The number of carboxylic acids is 1. The van der Waals surface area contributed by atoms with Gasteiger partial charge in [-0.1, -0.05) is 13.0 Å². The van der Waals surface area contributed by atoms with Gasteiger partial charge in [0.1, 0.15) is 0 Å². The quantitative estimate of drug-likeness (QED) is 0.907. The van der Waals surface area contributed by atoms with Gasteiger partial charge in [0.05, 0.1) is 12.0 Å². The molecule has 2 rings (SSSR count). The van der Waals surface area contributed by atoms with Crippen molar-refractivity contribution in [3.8, 4) is 0 Å². The van der Waals surface area contributed by atoms with E-state index in [4.69, 9.17) is 5.11 Å². The summed E-state index contributed by atoms with van der Waals surface area (Å²) in [5, 5.41) is 10.9. The number of urea groups is 1. The lowest BCUT2D eigenvalue weighted by Gasteiger charge is -2.17. The minimum atomic E-state index is -0.870. The van der Waals surface area contributed by atoms with E-state index >= 15 is 0 Å². The van der Waals surface area contributed by atoms with Crippen LogP contribution in [0.3, 0.4) is 0 Å². The van der Waals surface area contributed by atoms with Gasteiger partial charge in [-0.05, 0) is 11.4 Å². The van der Waals surface area contributed by atoms with Crippen LogP contribution in [0, 0.1) is 5.92 Å². The SMILES string of the molecule is CC(CN1CC(c2cccs2)N(C)C1=O)C(=O)O. The largest absolute Gasteiger partial charge is 0.481 e. The van der Waals surface area contributed by atoms with E-state index in [1.54, 1.807) is 35.1 Å². The first-order valence-electron chi connectivity index (χ1n) is 5.78. The van der Waals surface area contributed by atoms with Crippen molar-refractivity contribution in [1.29, 1.82) is 0 Å². The number of carbonyl (C=O) groups excluding carboxylic acids is 1. The minimum absolute atomic E-state index is 0.0403. The predicted octanol–water partition coefficient (Wildman–Crippen LogP) is 1.88. The lowest BCUT2D eigenvalue weighted by molar-refractivity contribution is -0.141. The normalized spacial score (nSPS) is 21.4. The van der Waals surface area contributed by atoms with Gasteiger partial charge in [0, 0.05) is 25.0 Å². The van der Waals surface area contributed by atoms with Crippen molar-refractivity contribution in [2.24, 2.45) is 5.92 Å². The van der Waals surface area contributed by atoms with Crippen molar-refractivity contribution in [3.05, 3.63) is 22.4 Å². The predicted molar refractivity (Wildman–Crippen MR) is 68.6 cm³/mol. The summed E-state index contributed by atoms with van der Waals surface area (Å²) in [5.74, 6) is -1.41. The van der Waals surface area contributed by atoms with Crippen LogP contribution in [0.5, 0.6) is 0 Å². The number of carbonyl (C=O) groups is 2. The fraction of sp³-hybridized carbons (Fsp3) is 0.500. The first-order chi connectivity index (χ1) is 8.50. The molecule has 98 valence electrons. The molecule has 2 unspecified atom stereocenters. The molecular formula is C12H16N2O3S. The van der Waals surface area contributed by atoms with E-state index in [0.717, 1.165) is 4.88 Å². The maximum atomic E-state index is 12.0. The van der Waals surface area contributed by atoms with Crippen LogP contribution in [-0.4, -0.2) is 47.0 Å². The second-order valence-corrected chi connectivity index (χ2v) is 5.55. The van der Waals surface area contributed by atoms with Crippen molar-refractivity contribution < 1.29 is 14.7 Å². The van der Waals surface area contributed by atoms with Gasteiger partial charge in [-0.2, -0.15) is 0 Å². The maximum absolute atomic E-state index is 12.0. The Morgan fingerprint density at radius 3 is 2.94 bits per heavy atom. The summed E-state index contributed by atoms with van der Waals surface area (Å²) in [6.07, 6.45) is 0. The van der Waals surface area contributed by atoms with Crippen LogP contribution in [0.2, 0.25) is 0 Å². The number of amides is 2. The van der Waals surface area contributed by atoms with Crippen LogP contribution in [0.4, 0.5) is 4.79 Å². The third kappa shape index (κ3) is 2.33. The molecule has 1 N–H and O–H groups in total. The number of likely N-dealkylation sites (N-methyl/N-ethyl adjacent to an activating group) is 1. The van der Waals surface area contributed by atoms with Gasteiger partial charge in [0.15, 0.2) is 0 Å². The zero-order valence-electron chi connectivity index (χ0n) is 10.4. The van der Waals surface area contributed by atoms with E-state index in [1.807, 2.05) is 17.5 Å². The Balaban J connectivity index is 2.08. The Kier molecular flexibility index (Phi) is 3.56. The summed E-state index contributed by atoms with van der Waals surface area (Å²) in [4.78, 5) is 27.3. The van der Waals surface area contributed by atoms with E-state index < -0.39 is 11.9 Å². The summed E-state index contributed by atoms with van der Waals surface area (Å²) in [7, 11) is 1.76. The molecule has 6 heteroatoms. The van der Waals surface area contributed by atoms with Crippen molar-refractivity contribution >= 4 is 23.3 Å². The molecule has 1 aromatic rings. The van der Waals surface area contributed by atoms with Crippen LogP contribution < -0.4 is 0 Å². The highest BCUT2D eigenvalue weighted by atomic mass is 32.1. The topological polar surface area (TPSA) is 60.9 Å². The van der Waals surface area contributed by atoms with Crippen molar-refractivity contribution in [2.45, 2.75) is 13.0 Å². The lowest BCUT2D eigenvalue weighted by atomic mass is 10.1. The number of thiophene rings is 1. The molecule has 5 nitrogen and oxygen atoms in total. The van der Waals surface area contributed by atoms with E-state index in [9.17, 15) is 9.59 Å². The van der Waals surface area contributed by atoms with Crippen LogP contribution in [0.1, 0.15) is 17.8 Å². The average molecular weight is 268 g/mol. The maximum Gasteiger partial charge on any atom is 0.320 e. The minimum Gasteiger partial charge on any atom is -0.481 e. The smallest absolute Gasteiger partial charge is 0.320 e. The lowest BCUT2D eigenvalue weighted by Crippen LogP contribution is -2.35. The molecule has 18 heavy (non-hydrogen) atoms. The second kappa shape index (κ2) is 4.97. The molecule has 2 heterocycles. The number of hydrogen-bond acceptors (Lipinski definition) is 3. The number of aliphatic carboxylic acids is 1. The Hall–Kier alpha value is -1.56. The molecule has 0 radical (unpaired) electrons. The van der Waals surface area contributed by atoms with Crippen LogP contribution >= 0.6 is 11.3 Å². The zero-order chi connectivity index (χ0) is 13.3. The highest BCUT2D eigenvalue weighted by molar-refractivity contribution is 7.10. The first-order valence-corrected chi connectivity index (χ1v) is 6.66. The number of hydrogen-bond donors (Lipinski definition) is 1. The van der Waals surface area contributed by atoms with Gasteiger partial charge in [0.2, 0.25) is 0 Å².